The Kier molecular flexibility index (Phi) is 5.39. The van der Waals surface area contributed by atoms with Crippen LogP contribution >= 0.6 is 0 Å². The van der Waals surface area contributed by atoms with Gasteiger partial charge in [0.2, 0.25) is 5.95 Å². The number of anilines is 2. The summed E-state index contributed by atoms with van der Waals surface area (Å²) in [5, 5.41) is 18.3. The molecule has 0 saturated heterocycles. The van der Waals surface area contributed by atoms with Gasteiger partial charge in [-0.2, -0.15) is 10.4 Å². The van der Waals surface area contributed by atoms with E-state index < -0.39 is 0 Å². The summed E-state index contributed by atoms with van der Waals surface area (Å²) in [6.45, 7) is -0.0265. The van der Waals surface area contributed by atoms with Crippen molar-refractivity contribution in [2.24, 2.45) is 0 Å². The topological polar surface area (TPSA) is 121 Å². The molecule has 30 heavy (non-hydrogen) atoms. The maximum Gasteiger partial charge on any atom is 0.252 e. The van der Waals surface area contributed by atoms with Crippen LogP contribution in [0.3, 0.4) is 0 Å². The highest BCUT2D eigenvalue weighted by Gasteiger charge is 2.07. The van der Waals surface area contributed by atoms with Gasteiger partial charge in [-0.3, -0.25) is 4.79 Å². The summed E-state index contributed by atoms with van der Waals surface area (Å²) in [5.41, 5.74) is 3.77. The summed E-state index contributed by atoms with van der Waals surface area (Å²) >= 11 is 0. The zero-order valence-electron chi connectivity index (χ0n) is 15.7. The molecular weight excluding hydrogens is 380 g/mol. The standard InChI is InChI=1S/C21H16N8O/c22-10-12-24-20(30)16-3-1-15(2-4-16)19-9-11-25-21(28-19)27-17-5-7-18(8-6-17)29-14-23-13-26-29/h1-9,11,13-14H,12H2,(H,24,30)(H,25,27,28). The average Bonchev–Trinajstić information content (AvgIpc) is 3.33. The minimum absolute atomic E-state index is 0.0265. The summed E-state index contributed by atoms with van der Waals surface area (Å²) < 4.78 is 1.67. The van der Waals surface area contributed by atoms with E-state index in [-0.39, 0.29) is 12.5 Å². The molecule has 0 fully saturated rings. The first kappa shape index (κ1) is 18.8. The van der Waals surface area contributed by atoms with E-state index in [0.717, 1.165) is 22.6 Å². The normalized spacial score (nSPS) is 10.2. The second-order valence-corrected chi connectivity index (χ2v) is 6.20. The fraction of sp³-hybridized carbons (Fsp3) is 0.0476. The Labute approximate surface area is 172 Å². The summed E-state index contributed by atoms with van der Waals surface area (Å²) in [6, 6.07) is 18.3. The Morgan fingerprint density at radius 3 is 2.57 bits per heavy atom. The van der Waals surface area contributed by atoms with E-state index in [1.54, 1.807) is 47.5 Å². The van der Waals surface area contributed by atoms with E-state index in [9.17, 15) is 4.79 Å². The largest absolute Gasteiger partial charge is 0.339 e. The van der Waals surface area contributed by atoms with Gasteiger partial charge in [0.1, 0.15) is 19.2 Å². The number of rotatable bonds is 6. The third kappa shape index (κ3) is 4.28. The molecule has 0 aliphatic rings. The van der Waals surface area contributed by atoms with Crippen LogP contribution in [0.5, 0.6) is 0 Å². The number of aromatic nitrogens is 5. The molecule has 1 amide bonds. The van der Waals surface area contributed by atoms with Gasteiger partial charge in [0.15, 0.2) is 0 Å². The van der Waals surface area contributed by atoms with Gasteiger partial charge < -0.3 is 10.6 Å². The monoisotopic (exact) mass is 396 g/mol. The predicted molar refractivity (Wildman–Crippen MR) is 110 cm³/mol. The fourth-order valence-electron chi connectivity index (χ4n) is 2.76. The summed E-state index contributed by atoms with van der Waals surface area (Å²) in [6.07, 6.45) is 4.78. The number of amides is 1. The van der Waals surface area contributed by atoms with Gasteiger partial charge in [-0.05, 0) is 42.5 Å². The Morgan fingerprint density at radius 2 is 1.87 bits per heavy atom. The van der Waals surface area contributed by atoms with E-state index in [4.69, 9.17) is 5.26 Å². The van der Waals surface area contributed by atoms with Crippen LogP contribution in [0.25, 0.3) is 16.9 Å². The Hall–Kier alpha value is -4.58. The van der Waals surface area contributed by atoms with E-state index in [1.807, 2.05) is 30.3 Å². The molecule has 0 atom stereocenters. The van der Waals surface area contributed by atoms with Crippen molar-refractivity contribution in [2.45, 2.75) is 0 Å². The van der Waals surface area contributed by atoms with Gasteiger partial charge in [-0.1, -0.05) is 12.1 Å². The predicted octanol–water partition coefficient (Wildman–Crippen LogP) is 2.72. The minimum atomic E-state index is -0.289. The highest BCUT2D eigenvalue weighted by molar-refractivity contribution is 5.94. The molecule has 9 heteroatoms. The highest BCUT2D eigenvalue weighted by Crippen LogP contribution is 2.21. The second kappa shape index (κ2) is 8.62. The van der Waals surface area contributed by atoms with Gasteiger partial charge in [0, 0.05) is 23.0 Å². The first-order valence-corrected chi connectivity index (χ1v) is 9.04. The third-order valence-electron chi connectivity index (χ3n) is 4.23. The molecule has 9 nitrogen and oxygen atoms in total. The van der Waals surface area contributed by atoms with Crippen molar-refractivity contribution in [1.82, 2.24) is 30.0 Å². The average molecular weight is 396 g/mol. The first-order chi connectivity index (χ1) is 14.7. The number of benzene rings is 2. The number of nitriles is 1. The van der Waals surface area contributed by atoms with Crippen LogP contribution in [0, 0.1) is 11.3 Å². The Bertz CT molecular complexity index is 1180. The van der Waals surface area contributed by atoms with Gasteiger partial charge in [-0.15, -0.1) is 0 Å². The maximum atomic E-state index is 11.9. The molecular formula is C21H16N8O. The number of nitrogens with one attached hydrogen (secondary N) is 2. The maximum absolute atomic E-state index is 11.9. The number of hydrogen-bond acceptors (Lipinski definition) is 7. The van der Waals surface area contributed by atoms with Gasteiger partial charge in [0.05, 0.1) is 17.5 Å². The van der Waals surface area contributed by atoms with Crippen molar-refractivity contribution in [1.29, 1.82) is 5.26 Å². The molecule has 0 aliphatic heterocycles. The summed E-state index contributed by atoms with van der Waals surface area (Å²) in [5.74, 6) is 0.166. The molecule has 2 aromatic heterocycles. The van der Waals surface area contributed by atoms with Gasteiger partial charge >= 0.3 is 0 Å². The zero-order valence-corrected chi connectivity index (χ0v) is 15.7. The minimum Gasteiger partial charge on any atom is -0.339 e. The van der Waals surface area contributed by atoms with Crippen LogP contribution in [-0.2, 0) is 0 Å². The molecule has 146 valence electrons. The molecule has 4 rings (SSSR count). The van der Waals surface area contributed by atoms with Crippen molar-refractivity contribution in [3.8, 4) is 23.0 Å². The Balaban J connectivity index is 1.47. The molecule has 2 N–H and O–H groups in total. The summed E-state index contributed by atoms with van der Waals surface area (Å²) in [4.78, 5) is 24.6. The number of carbonyl (C=O) groups is 1. The molecule has 0 unspecified atom stereocenters. The molecule has 0 radical (unpaired) electrons. The van der Waals surface area contributed by atoms with Crippen molar-refractivity contribution in [3.63, 3.8) is 0 Å². The van der Waals surface area contributed by atoms with Crippen LogP contribution in [0.4, 0.5) is 11.6 Å². The van der Waals surface area contributed by atoms with E-state index in [2.05, 4.69) is 30.7 Å². The lowest BCUT2D eigenvalue weighted by atomic mass is 10.1. The van der Waals surface area contributed by atoms with Crippen LogP contribution in [0.2, 0.25) is 0 Å². The lowest BCUT2D eigenvalue weighted by Gasteiger charge is -2.08. The van der Waals surface area contributed by atoms with Crippen molar-refractivity contribution in [2.75, 3.05) is 11.9 Å². The molecule has 4 aromatic rings. The molecule has 0 bridgehead atoms. The second-order valence-electron chi connectivity index (χ2n) is 6.20. The summed E-state index contributed by atoms with van der Waals surface area (Å²) in [7, 11) is 0. The molecule has 0 spiro atoms. The SMILES string of the molecule is N#CCNC(=O)c1ccc(-c2ccnc(Nc3ccc(-n4cncn4)cc3)n2)cc1. The number of nitrogens with zero attached hydrogens (tertiary/aromatic N) is 6. The molecule has 0 saturated carbocycles. The third-order valence-corrected chi connectivity index (χ3v) is 4.23. The number of hydrogen-bond donors (Lipinski definition) is 2. The smallest absolute Gasteiger partial charge is 0.252 e. The van der Waals surface area contributed by atoms with E-state index >= 15 is 0 Å². The van der Waals surface area contributed by atoms with E-state index in [1.165, 1.54) is 6.33 Å². The van der Waals surface area contributed by atoms with Crippen molar-refractivity contribution >= 4 is 17.5 Å². The van der Waals surface area contributed by atoms with E-state index in [0.29, 0.717) is 11.5 Å². The van der Waals surface area contributed by atoms with Crippen LogP contribution in [0.15, 0.2) is 73.4 Å². The fourth-order valence-corrected chi connectivity index (χ4v) is 2.76. The van der Waals surface area contributed by atoms with Crippen LogP contribution in [0.1, 0.15) is 10.4 Å². The quantitative estimate of drug-likeness (QED) is 0.481. The number of carbonyl (C=O) groups excluding carboxylic acids is 1. The van der Waals surface area contributed by atoms with Crippen LogP contribution in [-0.4, -0.2) is 37.2 Å². The molecule has 2 aromatic carbocycles. The lowest BCUT2D eigenvalue weighted by Crippen LogP contribution is -2.23. The lowest BCUT2D eigenvalue weighted by molar-refractivity contribution is 0.0958. The van der Waals surface area contributed by atoms with Crippen molar-refractivity contribution < 1.29 is 4.79 Å². The van der Waals surface area contributed by atoms with Gasteiger partial charge in [0.25, 0.3) is 5.91 Å². The molecule has 2 heterocycles. The first-order valence-electron chi connectivity index (χ1n) is 9.04. The van der Waals surface area contributed by atoms with Crippen LogP contribution < -0.4 is 10.6 Å². The van der Waals surface area contributed by atoms with Crippen molar-refractivity contribution in [3.05, 3.63) is 79.0 Å². The molecule has 0 aliphatic carbocycles. The van der Waals surface area contributed by atoms with Gasteiger partial charge in [-0.25, -0.2) is 19.6 Å². The Morgan fingerprint density at radius 1 is 1.07 bits per heavy atom. The zero-order chi connectivity index (χ0) is 20.8. The highest BCUT2D eigenvalue weighted by atomic mass is 16.1.